The first-order valence-corrected chi connectivity index (χ1v) is 6.66. The number of rotatable bonds is 2. The minimum atomic E-state index is -0.526. The van der Waals surface area contributed by atoms with Crippen molar-refractivity contribution in [2.24, 2.45) is 0 Å². The molecule has 18 heavy (non-hydrogen) atoms. The van der Waals surface area contributed by atoms with Crippen LogP contribution in [0.1, 0.15) is 24.8 Å². The van der Waals surface area contributed by atoms with Crippen LogP contribution in [0.5, 0.6) is 5.75 Å². The molecule has 0 aromatic heterocycles. The molecule has 2 N–H and O–H groups in total. The van der Waals surface area contributed by atoms with E-state index in [2.05, 4.69) is 10.2 Å². The van der Waals surface area contributed by atoms with Crippen LogP contribution >= 0.6 is 0 Å². The molecule has 0 amide bonds. The van der Waals surface area contributed by atoms with E-state index in [0.717, 1.165) is 25.2 Å². The summed E-state index contributed by atoms with van der Waals surface area (Å²) in [4.78, 5) is 2.38. The Bertz CT molecular complexity index is 438. The number of hydrogen-bond acceptors (Lipinski definition) is 3. The normalized spacial score (nSPS) is 28.3. The molecule has 3 nitrogen and oxygen atoms in total. The number of fused-ring (bicyclic) bond motifs is 2. The number of halogens is 1. The van der Waals surface area contributed by atoms with E-state index >= 15 is 0 Å². The Morgan fingerprint density at radius 3 is 2.94 bits per heavy atom. The summed E-state index contributed by atoms with van der Waals surface area (Å²) in [5, 5.41) is 12.8. The molecule has 0 aliphatic carbocycles. The summed E-state index contributed by atoms with van der Waals surface area (Å²) in [5.74, 6) is -0.794. The van der Waals surface area contributed by atoms with Crippen LogP contribution in [0.3, 0.4) is 0 Å². The van der Waals surface area contributed by atoms with Crippen LogP contribution in [0, 0.1) is 5.82 Å². The first-order chi connectivity index (χ1) is 8.70. The fraction of sp³-hybridized carbons (Fsp3) is 0.571. The molecule has 2 aliphatic heterocycles. The van der Waals surface area contributed by atoms with Crippen LogP contribution in [0.4, 0.5) is 4.39 Å². The van der Waals surface area contributed by atoms with Crippen molar-refractivity contribution in [3.05, 3.63) is 29.6 Å². The van der Waals surface area contributed by atoms with Crippen molar-refractivity contribution < 1.29 is 9.50 Å². The Morgan fingerprint density at radius 2 is 2.11 bits per heavy atom. The van der Waals surface area contributed by atoms with Gasteiger partial charge in [0.25, 0.3) is 0 Å². The SMILES string of the molecule is Oc1ccc(CN2CCC3CCC(C2)N3)cc1F. The molecule has 1 aromatic carbocycles. The predicted octanol–water partition coefficient (Wildman–Crippen LogP) is 1.86. The average Bonchev–Trinajstić information content (AvgIpc) is 2.68. The number of benzene rings is 1. The highest BCUT2D eigenvalue weighted by atomic mass is 19.1. The molecule has 2 bridgehead atoms. The van der Waals surface area contributed by atoms with Gasteiger partial charge in [-0.05, 0) is 37.0 Å². The van der Waals surface area contributed by atoms with Gasteiger partial charge < -0.3 is 10.4 Å². The predicted molar refractivity (Wildman–Crippen MR) is 67.9 cm³/mol. The van der Waals surface area contributed by atoms with E-state index in [1.54, 1.807) is 6.07 Å². The van der Waals surface area contributed by atoms with Crippen LogP contribution < -0.4 is 5.32 Å². The summed E-state index contributed by atoms with van der Waals surface area (Å²) < 4.78 is 13.3. The second-order valence-corrected chi connectivity index (χ2v) is 5.45. The van der Waals surface area contributed by atoms with Crippen molar-refractivity contribution in [1.29, 1.82) is 0 Å². The van der Waals surface area contributed by atoms with Gasteiger partial charge in [-0.15, -0.1) is 0 Å². The molecular weight excluding hydrogens is 231 g/mol. The topological polar surface area (TPSA) is 35.5 Å². The van der Waals surface area contributed by atoms with Crippen LogP contribution in [0.25, 0.3) is 0 Å². The van der Waals surface area contributed by atoms with Crippen molar-refractivity contribution in [2.75, 3.05) is 13.1 Å². The Kier molecular flexibility index (Phi) is 3.22. The van der Waals surface area contributed by atoms with Crippen molar-refractivity contribution in [2.45, 2.75) is 37.9 Å². The number of nitrogens with zero attached hydrogens (tertiary/aromatic N) is 1. The van der Waals surface area contributed by atoms with E-state index in [-0.39, 0.29) is 5.75 Å². The molecule has 1 aromatic rings. The molecule has 0 spiro atoms. The standard InChI is InChI=1S/C14H19FN2O/c15-13-7-10(1-4-14(13)18)8-17-6-5-11-2-3-12(9-17)16-11/h1,4,7,11-12,16,18H,2-3,5-6,8-9H2. The van der Waals surface area contributed by atoms with E-state index in [1.165, 1.54) is 31.4 Å². The zero-order valence-corrected chi connectivity index (χ0v) is 10.4. The van der Waals surface area contributed by atoms with Gasteiger partial charge in [0.2, 0.25) is 0 Å². The number of likely N-dealkylation sites (tertiary alicyclic amines) is 1. The van der Waals surface area contributed by atoms with Gasteiger partial charge in [-0.25, -0.2) is 4.39 Å². The molecule has 2 aliphatic rings. The van der Waals surface area contributed by atoms with Crippen LogP contribution in [0.2, 0.25) is 0 Å². The lowest BCUT2D eigenvalue weighted by molar-refractivity contribution is 0.250. The molecular formula is C14H19FN2O. The molecule has 0 radical (unpaired) electrons. The summed E-state index contributed by atoms with van der Waals surface area (Å²) in [6.07, 6.45) is 3.73. The van der Waals surface area contributed by atoms with Gasteiger partial charge in [-0.1, -0.05) is 6.07 Å². The number of nitrogens with one attached hydrogen (secondary N) is 1. The minimum Gasteiger partial charge on any atom is -0.505 e. The van der Waals surface area contributed by atoms with E-state index in [1.807, 2.05) is 0 Å². The highest BCUT2D eigenvalue weighted by molar-refractivity contribution is 5.28. The summed E-state index contributed by atoms with van der Waals surface area (Å²) >= 11 is 0. The van der Waals surface area contributed by atoms with E-state index < -0.39 is 5.82 Å². The first kappa shape index (κ1) is 11.9. The first-order valence-electron chi connectivity index (χ1n) is 6.66. The van der Waals surface area contributed by atoms with Gasteiger partial charge in [0.05, 0.1) is 0 Å². The van der Waals surface area contributed by atoms with Crippen LogP contribution in [-0.2, 0) is 6.54 Å². The van der Waals surface area contributed by atoms with Crippen molar-refractivity contribution in [1.82, 2.24) is 10.2 Å². The third-order valence-corrected chi connectivity index (χ3v) is 4.03. The lowest BCUT2D eigenvalue weighted by Gasteiger charge is -2.24. The summed E-state index contributed by atoms with van der Waals surface area (Å²) in [5.41, 5.74) is 0.933. The molecule has 2 fully saturated rings. The Balaban J connectivity index is 1.66. The highest BCUT2D eigenvalue weighted by Crippen LogP contribution is 2.22. The molecule has 2 heterocycles. The molecule has 2 saturated heterocycles. The molecule has 0 saturated carbocycles. The lowest BCUT2D eigenvalue weighted by Crippen LogP contribution is -2.34. The maximum absolute atomic E-state index is 13.3. The fourth-order valence-electron chi connectivity index (χ4n) is 3.07. The second-order valence-electron chi connectivity index (χ2n) is 5.45. The van der Waals surface area contributed by atoms with Crippen LogP contribution in [-0.4, -0.2) is 35.2 Å². The number of phenolic OH excluding ortho intramolecular Hbond substituents is 1. The third-order valence-electron chi connectivity index (χ3n) is 4.03. The Morgan fingerprint density at radius 1 is 1.28 bits per heavy atom. The van der Waals surface area contributed by atoms with Gasteiger partial charge in [-0.2, -0.15) is 0 Å². The number of phenols is 1. The Labute approximate surface area is 107 Å². The van der Waals surface area contributed by atoms with Gasteiger partial charge in [0, 0.05) is 31.7 Å². The quantitative estimate of drug-likeness (QED) is 0.841. The molecule has 3 rings (SSSR count). The monoisotopic (exact) mass is 250 g/mol. The molecule has 2 atom stereocenters. The van der Waals surface area contributed by atoms with Gasteiger partial charge in [0.1, 0.15) is 0 Å². The summed E-state index contributed by atoms with van der Waals surface area (Å²) in [6, 6.07) is 5.95. The number of hydrogen-bond donors (Lipinski definition) is 2. The molecule has 2 unspecified atom stereocenters. The van der Waals surface area contributed by atoms with Crippen molar-refractivity contribution in [3.8, 4) is 5.75 Å². The zero-order chi connectivity index (χ0) is 12.5. The van der Waals surface area contributed by atoms with Gasteiger partial charge in [0.15, 0.2) is 11.6 Å². The Hall–Kier alpha value is -1.13. The molecule has 4 heteroatoms. The minimum absolute atomic E-state index is 0.268. The second kappa shape index (κ2) is 4.86. The average molecular weight is 250 g/mol. The molecule has 98 valence electrons. The van der Waals surface area contributed by atoms with Crippen molar-refractivity contribution >= 4 is 0 Å². The highest BCUT2D eigenvalue weighted by Gasteiger charge is 2.29. The maximum atomic E-state index is 13.3. The largest absolute Gasteiger partial charge is 0.505 e. The van der Waals surface area contributed by atoms with Gasteiger partial charge >= 0.3 is 0 Å². The summed E-state index contributed by atoms with van der Waals surface area (Å²) in [7, 11) is 0. The van der Waals surface area contributed by atoms with E-state index in [4.69, 9.17) is 0 Å². The lowest BCUT2D eigenvalue weighted by atomic mass is 10.1. The fourth-order valence-corrected chi connectivity index (χ4v) is 3.07. The summed E-state index contributed by atoms with van der Waals surface area (Å²) in [6.45, 7) is 2.87. The van der Waals surface area contributed by atoms with E-state index in [9.17, 15) is 9.50 Å². The van der Waals surface area contributed by atoms with E-state index in [0.29, 0.717) is 12.1 Å². The van der Waals surface area contributed by atoms with Gasteiger partial charge in [-0.3, -0.25) is 4.90 Å². The smallest absolute Gasteiger partial charge is 0.165 e. The zero-order valence-electron chi connectivity index (χ0n) is 10.4. The third kappa shape index (κ3) is 2.49. The maximum Gasteiger partial charge on any atom is 0.165 e. The number of aromatic hydroxyl groups is 1. The van der Waals surface area contributed by atoms with Crippen molar-refractivity contribution in [3.63, 3.8) is 0 Å². The van der Waals surface area contributed by atoms with Crippen LogP contribution in [0.15, 0.2) is 18.2 Å².